The van der Waals surface area contributed by atoms with Gasteiger partial charge in [0, 0.05) is 76.7 Å². The molecular weight excluding hydrogens is 1150 g/mol. The number of nitrogens with zero attached hydrogens (tertiary/aromatic N) is 8. The van der Waals surface area contributed by atoms with E-state index in [-0.39, 0.29) is 0 Å². The molecule has 6 heterocycles. The molecule has 6 aromatic heterocycles. The summed E-state index contributed by atoms with van der Waals surface area (Å²) in [5.74, 6) is 0.707. The number of rotatable bonds is 8. The summed E-state index contributed by atoms with van der Waals surface area (Å²) >= 11 is 1.69. The van der Waals surface area contributed by atoms with E-state index < -0.39 is 0 Å². The standard InChI is InChI=1S/C84H54N8S/c1-49-21-35-72-63(41-49)64-42-50(2)22-36-73(64)89(72)57-31-27-55(28-32-57)79-80(61-15-5-6-16-62(61)84-87-69-17-9-12-20-78(69)93-84)82(91-70-18-10-7-13-59(70)67-45-53(47-85)25-39-76(67)91)81(88-83(79)92-71-19-11-8-14-60(71)68-46-54(48-86)26-40-77(68)92)56-29-33-58(34-30-56)90-74-37-23-51(3)43-65(74)66-44-52(4)24-38-75(66)90/h5-46H,1-4H3. The third-order valence-electron chi connectivity index (χ3n) is 18.9. The van der Waals surface area contributed by atoms with Gasteiger partial charge in [0.15, 0.2) is 0 Å². The van der Waals surface area contributed by atoms with Crippen molar-refractivity contribution in [2.75, 3.05) is 0 Å². The molecule has 0 aliphatic rings. The molecule has 18 rings (SSSR count). The Labute approximate surface area is 539 Å². The molecule has 0 bridgehead atoms. The van der Waals surface area contributed by atoms with Gasteiger partial charge in [-0.05, 0) is 172 Å². The second kappa shape index (κ2) is 20.7. The maximum atomic E-state index is 10.6. The molecule has 12 aromatic carbocycles. The van der Waals surface area contributed by atoms with Crippen molar-refractivity contribution in [2.24, 2.45) is 0 Å². The van der Waals surface area contributed by atoms with Gasteiger partial charge in [-0.1, -0.05) is 144 Å². The van der Waals surface area contributed by atoms with E-state index >= 15 is 0 Å². The van der Waals surface area contributed by atoms with Gasteiger partial charge in [0.05, 0.1) is 89.0 Å². The van der Waals surface area contributed by atoms with Gasteiger partial charge in [-0.3, -0.25) is 4.57 Å². The van der Waals surface area contributed by atoms with Gasteiger partial charge >= 0.3 is 0 Å². The maximum absolute atomic E-state index is 10.6. The highest BCUT2D eigenvalue weighted by atomic mass is 32.1. The molecule has 0 aliphatic carbocycles. The van der Waals surface area contributed by atoms with Crippen LogP contribution in [0.15, 0.2) is 255 Å². The molecule has 436 valence electrons. The highest BCUT2D eigenvalue weighted by Crippen LogP contribution is 2.52. The van der Waals surface area contributed by atoms with E-state index in [1.54, 1.807) is 11.3 Å². The number of aryl methyl sites for hydroxylation is 4. The minimum absolute atomic E-state index is 0.575. The number of para-hydroxylation sites is 3. The number of benzene rings is 12. The van der Waals surface area contributed by atoms with Crippen LogP contribution in [0, 0.1) is 50.4 Å². The Morgan fingerprint density at radius 2 is 0.742 bits per heavy atom. The molecule has 93 heavy (non-hydrogen) atoms. The van der Waals surface area contributed by atoms with Crippen molar-refractivity contribution in [3.63, 3.8) is 0 Å². The first-order valence-electron chi connectivity index (χ1n) is 31.3. The molecule has 9 heteroatoms. The monoisotopic (exact) mass is 1210 g/mol. The molecule has 0 amide bonds. The second-order valence-corrected chi connectivity index (χ2v) is 25.7. The van der Waals surface area contributed by atoms with Crippen LogP contribution in [-0.4, -0.2) is 28.2 Å². The van der Waals surface area contributed by atoms with Crippen molar-refractivity contribution < 1.29 is 0 Å². The van der Waals surface area contributed by atoms with E-state index in [4.69, 9.17) is 9.97 Å². The molecule has 18 aromatic rings. The Kier molecular flexibility index (Phi) is 12.0. The van der Waals surface area contributed by atoms with Crippen LogP contribution in [0.1, 0.15) is 33.4 Å². The van der Waals surface area contributed by atoms with Crippen molar-refractivity contribution >= 4 is 109 Å². The quantitative estimate of drug-likeness (QED) is 0.151. The van der Waals surface area contributed by atoms with Crippen LogP contribution in [0.4, 0.5) is 0 Å². The lowest BCUT2D eigenvalue weighted by molar-refractivity contribution is 1.06. The molecule has 0 unspecified atom stereocenters. The van der Waals surface area contributed by atoms with Crippen molar-refractivity contribution in [2.45, 2.75) is 27.7 Å². The summed E-state index contributed by atoms with van der Waals surface area (Å²) in [5.41, 5.74) is 24.5. The third kappa shape index (κ3) is 8.28. The smallest absolute Gasteiger partial charge is 0.147 e. The predicted molar refractivity (Wildman–Crippen MR) is 385 cm³/mol. The van der Waals surface area contributed by atoms with Crippen LogP contribution in [0.2, 0.25) is 0 Å². The summed E-state index contributed by atoms with van der Waals surface area (Å²) in [4.78, 5) is 11.8. The van der Waals surface area contributed by atoms with E-state index in [1.807, 2.05) is 24.3 Å². The van der Waals surface area contributed by atoms with Crippen LogP contribution < -0.4 is 0 Å². The van der Waals surface area contributed by atoms with E-state index in [2.05, 4.69) is 289 Å². The molecule has 0 saturated carbocycles. The van der Waals surface area contributed by atoms with Gasteiger partial charge in [-0.15, -0.1) is 11.3 Å². The SMILES string of the molecule is Cc1ccc2c(c1)c1cc(C)ccc1n2-c1ccc(-c2nc(-n3c4ccccc4c4cc(C#N)ccc43)c(-c3ccc(-n4c5ccc(C)cc5c5cc(C)ccc54)cc3)c(-c3ccccc3-c3nc4ccccc4s3)c2-n2c3ccccc3c3cc(C#N)ccc32)cc1. The molecule has 0 aliphatic heterocycles. The fourth-order valence-corrected chi connectivity index (χ4v) is 15.7. The van der Waals surface area contributed by atoms with Crippen LogP contribution in [0.5, 0.6) is 0 Å². The molecule has 0 spiro atoms. The molecule has 0 N–H and O–H groups in total. The fourth-order valence-electron chi connectivity index (χ4n) is 14.7. The average molecular weight is 1210 g/mol. The van der Waals surface area contributed by atoms with Crippen LogP contribution in [0.25, 0.3) is 164 Å². The minimum atomic E-state index is 0.575. The molecule has 0 saturated heterocycles. The first-order valence-corrected chi connectivity index (χ1v) is 32.1. The first-order chi connectivity index (χ1) is 45.7. The zero-order chi connectivity index (χ0) is 62.3. The van der Waals surface area contributed by atoms with Crippen LogP contribution in [-0.2, 0) is 0 Å². The Morgan fingerprint density at radius 1 is 0.333 bits per heavy atom. The highest BCUT2D eigenvalue weighted by molar-refractivity contribution is 7.21. The lowest BCUT2D eigenvalue weighted by Gasteiger charge is -2.26. The number of pyridine rings is 1. The number of fused-ring (bicyclic) bond motifs is 13. The summed E-state index contributed by atoms with van der Waals surface area (Å²) in [7, 11) is 0. The van der Waals surface area contributed by atoms with Gasteiger partial charge in [-0.25, -0.2) is 9.97 Å². The molecule has 0 radical (unpaired) electrons. The summed E-state index contributed by atoms with van der Waals surface area (Å²) in [6.45, 7) is 8.65. The molecule has 0 atom stereocenters. The largest absolute Gasteiger partial charge is 0.309 e. The summed E-state index contributed by atoms with van der Waals surface area (Å²) in [6, 6.07) is 96.2. The highest BCUT2D eigenvalue weighted by Gasteiger charge is 2.32. The van der Waals surface area contributed by atoms with Crippen molar-refractivity contribution in [1.82, 2.24) is 28.2 Å². The van der Waals surface area contributed by atoms with Gasteiger partial charge in [0.25, 0.3) is 0 Å². The fraction of sp³-hybridized carbons (Fsp3) is 0.0476. The topological polar surface area (TPSA) is 93.1 Å². The maximum Gasteiger partial charge on any atom is 0.147 e. The predicted octanol–water partition coefficient (Wildman–Crippen LogP) is 21.7. The Balaban J connectivity index is 1.02. The molecule has 8 nitrogen and oxygen atoms in total. The minimum Gasteiger partial charge on any atom is -0.309 e. The van der Waals surface area contributed by atoms with Crippen LogP contribution >= 0.6 is 11.3 Å². The van der Waals surface area contributed by atoms with Crippen molar-refractivity contribution in [1.29, 1.82) is 10.5 Å². The zero-order valence-corrected chi connectivity index (χ0v) is 52.1. The zero-order valence-electron chi connectivity index (χ0n) is 51.2. The number of nitriles is 2. The second-order valence-electron chi connectivity index (χ2n) is 24.7. The van der Waals surface area contributed by atoms with Gasteiger partial charge < -0.3 is 13.7 Å². The van der Waals surface area contributed by atoms with Gasteiger partial charge in [-0.2, -0.15) is 10.5 Å². The molecule has 0 fully saturated rings. The number of aromatic nitrogens is 6. The van der Waals surface area contributed by atoms with E-state index in [1.165, 1.54) is 43.8 Å². The van der Waals surface area contributed by atoms with Crippen molar-refractivity contribution in [3.05, 3.63) is 288 Å². The lowest BCUT2D eigenvalue weighted by Crippen LogP contribution is -2.10. The van der Waals surface area contributed by atoms with E-state index in [9.17, 15) is 10.5 Å². The summed E-state index contributed by atoms with van der Waals surface area (Å²) in [6.07, 6.45) is 0. The molecular formula is C84H54N8S. The van der Waals surface area contributed by atoms with Gasteiger partial charge in [0.2, 0.25) is 0 Å². The normalized spacial score (nSPS) is 11.8. The Bertz CT molecular complexity index is 6160. The number of hydrogen-bond donors (Lipinski definition) is 0. The van der Waals surface area contributed by atoms with Crippen LogP contribution in [0.3, 0.4) is 0 Å². The Morgan fingerprint density at radius 3 is 1.26 bits per heavy atom. The first kappa shape index (κ1) is 53.8. The van der Waals surface area contributed by atoms with E-state index in [0.29, 0.717) is 16.9 Å². The third-order valence-corrected chi connectivity index (χ3v) is 19.9. The number of hydrogen-bond acceptors (Lipinski definition) is 5. The van der Waals surface area contributed by atoms with Crippen molar-refractivity contribution in [3.8, 4) is 79.1 Å². The lowest BCUT2D eigenvalue weighted by atomic mass is 9.88. The average Bonchev–Trinajstić information content (AvgIpc) is 1.68. The summed E-state index contributed by atoms with van der Waals surface area (Å²) in [5, 5.41) is 30.8. The van der Waals surface area contributed by atoms with Gasteiger partial charge in [0.1, 0.15) is 10.8 Å². The Hall–Kier alpha value is -12.1. The van der Waals surface area contributed by atoms with E-state index in [0.717, 1.165) is 137 Å². The number of thiazole rings is 1. The summed E-state index contributed by atoms with van der Waals surface area (Å²) < 4.78 is 10.6.